The minimum absolute atomic E-state index is 0.0144. The molecule has 2 rings (SSSR count). The first-order valence-electron chi connectivity index (χ1n) is 7.68. The number of amides is 1. The second-order valence-electron chi connectivity index (χ2n) is 5.32. The molecule has 1 unspecified atom stereocenters. The SMILES string of the molecule is O=C(NC(CSCc1cccc(Cl)c1F)C(=O)O)OCc1ccccc1. The van der Waals surface area contributed by atoms with Crippen LogP contribution in [0.15, 0.2) is 48.5 Å². The maximum atomic E-state index is 13.8. The average molecular weight is 398 g/mol. The molecule has 0 bridgehead atoms. The second kappa shape index (κ2) is 10.0. The third-order valence-corrected chi connectivity index (χ3v) is 4.75. The first kappa shape index (κ1) is 20.1. The van der Waals surface area contributed by atoms with Gasteiger partial charge in [0.1, 0.15) is 18.5 Å². The van der Waals surface area contributed by atoms with E-state index in [0.717, 1.165) is 5.56 Å². The molecule has 26 heavy (non-hydrogen) atoms. The third kappa shape index (κ3) is 6.24. The number of carboxylic acids is 1. The van der Waals surface area contributed by atoms with E-state index in [9.17, 15) is 19.1 Å². The van der Waals surface area contributed by atoms with E-state index in [0.29, 0.717) is 5.56 Å². The average Bonchev–Trinajstić information content (AvgIpc) is 2.63. The van der Waals surface area contributed by atoms with Crippen LogP contribution in [0, 0.1) is 5.82 Å². The van der Waals surface area contributed by atoms with Crippen LogP contribution in [0.1, 0.15) is 11.1 Å². The van der Waals surface area contributed by atoms with Crippen LogP contribution in [-0.4, -0.2) is 29.0 Å². The van der Waals surface area contributed by atoms with Crippen molar-refractivity contribution in [1.29, 1.82) is 0 Å². The van der Waals surface area contributed by atoms with Gasteiger partial charge < -0.3 is 15.2 Å². The zero-order chi connectivity index (χ0) is 18.9. The van der Waals surface area contributed by atoms with Gasteiger partial charge in [0.15, 0.2) is 0 Å². The summed E-state index contributed by atoms with van der Waals surface area (Å²) in [5.41, 5.74) is 1.17. The van der Waals surface area contributed by atoms with Crippen LogP contribution in [0.5, 0.6) is 0 Å². The third-order valence-electron chi connectivity index (χ3n) is 3.38. The van der Waals surface area contributed by atoms with Crippen molar-refractivity contribution >= 4 is 35.4 Å². The molecule has 0 radical (unpaired) electrons. The molecule has 2 N–H and O–H groups in total. The molecule has 0 saturated carbocycles. The summed E-state index contributed by atoms with van der Waals surface area (Å²) in [6, 6.07) is 12.5. The topological polar surface area (TPSA) is 75.6 Å². The maximum Gasteiger partial charge on any atom is 0.408 e. The van der Waals surface area contributed by atoms with Gasteiger partial charge in [-0.05, 0) is 17.2 Å². The highest BCUT2D eigenvalue weighted by Crippen LogP contribution is 2.22. The van der Waals surface area contributed by atoms with Crippen LogP contribution in [0.3, 0.4) is 0 Å². The minimum Gasteiger partial charge on any atom is -0.480 e. The lowest BCUT2D eigenvalue weighted by atomic mass is 10.2. The number of thioether (sulfide) groups is 1. The van der Waals surface area contributed by atoms with Crippen LogP contribution in [0.25, 0.3) is 0 Å². The minimum atomic E-state index is -1.19. The Labute approximate surface area is 159 Å². The summed E-state index contributed by atoms with van der Waals surface area (Å²) < 4.78 is 18.8. The first-order valence-corrected chi connectivity index (χ1v) is 9.21. The molecule has 2 aromatic rings. The smallest absolute Gasteiger partial charge is 0.408 e. The van der Waals surface area contributed by atoms with Crippen molar-refractivity contribution in [1.82, 2.24) is 5.32 Å². The molecule has 0 fully saturated rings. The Morgan fingerprint density at radius 3 is 2.62 bits per heavy atom. The summed E-state index contributed by atoms with van der Waals surface area (Å²) in [7, 11) is 0. The first-order chi connectivity index (χ1) is 12.5. The van der Waals surface area contributed by atoms with Crippen molar-refractivity contribution in [3.63, 3.8) is 0 Å². The lowest BCUT2D eigenvalue weighted by Gasteiger charge is -2.14. The normalized spacial score (nSPS) is 11.6. The molecule has 138 valence electrons. The fraction of sp³-hybridized carbons (Fsp3) is 0.222. The second-order valence-corrected chi connectivity index (χ2v) is 6.76. The van der Waals surface area contributed by atoms with Crippen molar-refractivity contribution in [2.24, 2.45) is 0 Å². The predicted molar refractivity (Wildman–Crippen MR) is 98.8 cm³/mol. The molecule has 0 aliphatic carbocycles. The van der Waals surface area contributed by atoms with Crippen LogP contribution >= 0.6 is 23.4 Å². The van der Waals surface area contributed by atoms with Crippen LogP contribution in [0.4, 0.5) is 9.18 Å². The molecule has 1 amide bonds. The Morgan fingerprint density at radius 2 is 1.92 bits per heavy atom. The molecular formula is C18H17ClFNO4S. The number of rotatable bonds is 8. The van der Waals surface area contributed by atoms with E-state index in [2.05, 4.69) is 5.32 Å². The number of ether oxygens (including phenoxy) is 1. The highest BCUT2D eigenvalue weighted by molar-refractivity contribution is 7.98. The van der Waals surface area contributed by atoms with Gasteiger partial charge >= 0.3 is 12.1 Å². The summed E-state index contributed by atoms with van der Waals surface area (Å²) in [5.74, 6) is -1.43. The van der Waals surface area contributed by atoms with Gasteiger partial charge in [-0.25, -0.2) is 14.0 Å². The van der Waals surface area contributed by atoms with Gasteiger partial charge in [-0.3, -0.25) is 0 Å². The highest BCUT2D eigenvalue weighted by atomic mass is 35.5. The molecule has 0 aromatic heterocycles. The van der Waals surface area contributed by atoms with E-state index in [1.807, 2.05) is 18.2 Å². The number of carbonyl (C=O) groups is 2. The number of nitrogens with one attached hydrogen (secondary N) is 1. The van der Waals surface area contributed by atoms with Crippen molar-refractivity contribution in [2.45, 2.75) is 18.4 Å². The summed E-state index contributed by atoms with van der Waals surface area (Å²) in [6.45, 7) is 0.0415. The van der Waals surface area contributed by atoms with E-state index in [4.69, 9.17) is 16.3 Å². The standard InChI is InChI=1S/C18H17ClFNO4S/c19-14-8-4-7-13(16(14)20)10-26-11-15(17(22)23)21-18(24)25-9-12-5-2-1-3-6-12/h1-8,15H,9-11H2,(H,21,24)(H,22,23). The molecule has 0 aliphatic rings. The molecule has 2 aromatic carbocycles. The number of hydrogen-bond acceptors (Lipinski definition) is 4. The summed E-state index contributed by atoms with van der Waals surface area (Å²) in [6.07, 6.45) is -0.823. The van der Waals surface area contributed by atoms with E-state index in [-0.39, 0.29) is 23.1 Å². The largest absolute Gasteiger partial charge is 0.480 e. The molecule has 5 nitrogen and oxygen atoms in total. The molecule has 0 saturated heterocycles. The summed E-state index contributed by atoms with van der Waals surface area (Å²) >= 11 is 6.88. The quantitative estimate of drug-likeness (QED) is 0.701. The summed E-state index contributed by atoms with van der Waals surface area (Å²) in [4.78, 5) is 23.1. The number of benzene rings is 2. The van der Waals surface area contributed by atoms with E-state index < -0.39 is 23.9 Å². The number of hydrogen-bond donors (Lipinski definition) is 2. The fourth-order valence-electron chi connectivity index (χ4n) is 2.03. The monoisotopic (exact) mass is 397 g/mol. The number of halogens is 2. The van der Waals surface area contributed by atoms with Gasteiger partial charge in [0.2, 0.25) is 0 Å². The molecule has 0 heterocycles. The van der Waals surface area contributed by atoms with Crippen LogP contribution in [0.2, 0.25) is 5.02 Å². The number of alkyl carbamates (subject to hydrolysis) is 1. The zero-order valence-corrected chi connectivity index (χ0v) is 15.2. The van der Waals surface area contributed by atoms with Gasteiger partial charge in [0.25, 0.3) is 0 Å². The van der Waals surface area contributed by atoms with Gasteiger partial charge in [-0.2, -0.15) is 11.8 Å². The van der Waals surface area contributed by atoms with E-state index in [1.54, 1.807) is 24.3 Å². The molecule has 8 heteroatoms. The highest BCUT2D eigenvalue weighted by Gasteiger charge is 2.21. The lowest BCUT2D eigenvalue weighted by Crippen LogP contribution is -2.42. The lowest BCUT2D eigenvalue weighted by molar-refractivity contribution is -0.138. The van der Waals surface area contributed by atoms with Gasteiger partial charge in [-0.1, -0.05) is 54.1 Å². The van der Waals surface area contributed by atoms with Crippen LogP contribution < -0.4 is 5.32 Å². The van der Waals surface area contributed by atoms with Crippen molar-refractivity contribution < 1.29 is 23.8 Å². The Balaban J connectivity index is 1.81. The Kier molecular flexibility index (Phi) is 7.74. The Morgan fingerprint density at radius 1 is 1.19 bits per heavy atom. The van der Waals surface area contributed by atoms with Crippen LogP contribution in [-0.2, 0) is 21.9 Å². The predicted octanol–water partition coefficient (Wildman–Crippen LogP) is 4.09. The summed E-state index contributed by atoms with van der Waals surface area (Å²) in [5, 5.41) is 11.5. The zero-order valence-electron chi connectivity index (χ0n) is 13.7. The van der Waals surface area contributed by atoms with E-state index in [1.165, 1.54) is 17.8 Å². The molecule has 0 spiro atoms. The Bertz CT molecular complexity index is 760. The fourth-order valence-corrected chi connectivity index (χ4v) is 3.24. The molecule has 1 atom stereocenters. The molecule has 0 aliphatic heterocycles. The van der Waals surface area contributed by atoms with Crippen molar-refractivity contribution in [3.8, 4) is 0 Å². The molecular weight excluding hydrogens is 381 g/mol. The van der Waals surface area contributed by atoms with Gasteiger partial charge in [-0.15, -0.1) is 0 Å². The van der Waals surface area contributed by atoms with Gasteiger partial charge in [0.05, 0.1) is 5.02 Å². The number of aliphatic carboxylic acids is 1. The number of carbonyl (C=O) groups excluding carboxylic acids is 1. The van der Waals surface area contributed by atoms with Crippen molar-refractivity contribution in [3.05, 3.63) is 70.5 Å². The van der Waals surface area contributed by atoms with Crippen molar-refractivity contribution in [2.75, 3.05) is 5.75 Å². The maximum absolute atomic E-state index is 13.8. The Hall–Kier alpha value is -2.25. The number of carboxylic acid groups (broad SMARTS) is 1. The van der Waals surface area contributed by atoms with Gasteiger partial charge in [0, 0.05) is 11.5 Å². The van der Waals surface area contributed by atoms with E-state index >= 15 is 0 Å².